The van der Waals surface area contributed by atoms with Gasteiger partial charge in [0.25, 0.3) is 11.8 Å². The molecule has 5 nitrogen and oxygen atoms in total. The molecule has 0 atom stereocenters. The number of carbonyl (C=O) groups excluding carboxylic acids is 2. The number of hydrogen-bond donors (Lipinski definition) is 2. The molecule has 0 bridgehead atoms. The fourth-order valence-electron chi connectivity index (χ4n) is 2.66. The van der Waals surface area contributed by atoms with Crippen molar-refractivity contribution in [1.82, 2.24) is 10.6 Å². The lowest BCUT2D eigenvalue weighted by molar-refractivity contribution is 0.0938. The maximum absolute atomic E-state index is 12.2. The molecule has 0 aromatic heterocycles. The molecule has 2 N–H and O–H groups in total. The molecule has 0 aliphatic heterocycles. The fraction of sp³-hybridized carbons (Fsp3) is 0.529. The van der Waals surface area contributed by atoms with E-state index in [0.717, 1.165) is 19.3 Å². The smallest absolute Gasteiger partial charge is 0.251 e. The molecule has 22 heavy (non-hydrogen) atoms. The van der Waals surface area contributed by atoms with Gasteiger partial charge in [0.1, 0.15) is 0 Å². The van der Waals surface area contributed by atoms with Gasteiger partial charge < -0.3 is 15.4 Å². The SMILES string of the molecule is COCCCNC(=O)c1cccc(C(=O)NC2CCCC2)c1. The highest BCUT2D eigenvalue weighted by Gasteiger charge is 2.18. The van der Waals surface area contributed by atoms with E-state index in [-0.39, 0.29) is 17.9 Å². The monoisotopic (exact) mass is 304 g/mol. The maximum atomic E-state index is 12.2. The molecule has 0 heterocycles. The van der Waals surface area contributed by atoms with Crippen LogP contribution in [0, 0.1) is 0 Å². The van der Waals surface area contributed by atoms with Crippen molar-refractivity contribution in [2.75, 3.05) is 20.3 Å². The van der Waals surface area contributed by atoms with E-state index in [1.54, 1.807) is 31.4 Å². The zero-order valence-corrected chi connectivity index (χ0v) is 13.1. The van der Waals surface area contributed by atoms with Crippen LogP contribution in [0.2, 0.25) is 0 Å². The van der Waals surface area contributed by atoms with E-state index < -0.39 is 0 Å². The third kappa shape index (κ3) is 4.84. The number of methoxy groups -OCH3 is 1. The molecule has 0 unspecified atom stereocenters. The van der Waals surface area contributed by atoms with Crippen LogP contribution < -0.4 is 10.6 Å². The molecule has 2 rings (SSSR count). The molecule has 2 amide bonds. The molecular formula is C17H24N2O3. The zero-order chi connectivity index (χ0) is 15.8. The van der Waals surface area contributed by atoms with Crippen LogP contribution in [0.4, 0.5) is 0 Å². The Morgan fingerprint density at radius 2 is 1.86 bits per heavy atom. The van der Waals surface area contributed by atoms with Crippen molar-refractivity contribution >= 4 is 11.8 Å². The first-order valence-electron chi connectivity index (χ1n) is 7.89. The molecule has 1 fully saturated rings. The van der Waals surface area contributed by atoms with Crippen molar-refractivity contribution in [3.63, 3.8) is 0 Å². The van der Waals surface area contributed by atoms with E-state index in [2.05, 4.69) is 10.6 Å². The Morgan fingerprint density at radius 1 is 1.18 bits per heavy atom. The first-order valence-corrected chi connectivity index (χ1v) is 7.89. The Morgan fingerprint density at radius 3 is 2.55 bits per heavy atom. The summed E-state index contributed by atoms with van der Waals surface area (Å²) >= 11 is 0. The second-order valence-electron chi connectivity index (χ2n) is 5.64. The molecule has 1 aliphatic carbocycles. The quantitative estimate of drug-likeness (QED) is 0.758. The summed E-state index contributed by atoms with van der Waals surface area (Å²) in [6.45, 7) is 1.18. The maximum Gasteiger partial charge on any atom is 0.251 e. The zero-order valence-electron chi connectivity index (χ0n) is 13.1. The van der Waals surface area contributed by atoms with Gasteiger partial charge in [-0.05, 0) is 37.5 Å². The third-order valence-corrected chi connectivity index (χ3v) is 3.89. The Balaban J connectivity index is 1.90. The number of benzene rings is 1. The molecule has 5 heteroatoms. The van der Waals surface area contributed by atoms with Crippen molar-refractivity contribution in [2.24, 2.45) is 0 Å². The third-order valence-electron chi connectivity index (χ3n) is 3.89. The first kappa shape index (κ1) is 16.5. The summed E-state index contributed by atoms with van der Waals surface area (Å²) in [5.74, 6) is -0.257. The predicted octanol–water partition coefficient (Wildman–Crippen LogP) is 2.13. The summed E-state index contributed by atoms with van der Waals surface area (Å²) in [5, 5.41) is 5.86. The van der Waals surface area contributed by atoms with Crippen LogP contribution in [0.25, 0.3) is 0 Å². The predicted molar refractivity (Wildman–Crippen MR) is 85.0 cm³/mol. The van der Waals surface area contributed by atoms with E-state index in [1.807, 2.05) is 0 Å². The van der Waals surface area contributed by atoms with Gasteiger partial charge in [0, 0.05) is 37.4 Å². The molecule has 1 aromatic rings. The van der Waals surface area contributed by atoms with Crippen LogP contribution in [0.5, 0.6) is 0 Å². The van der Waals surface area contributed by atoms with Gasteiger partial charge in [-0.3, -0.25) is 9.59 Å². The number of nitrogens with one attached hydrogen (secondary N) is 2. The minimum atomic E-state index is -0.161. The topological polar surface area (TPSA) is 67.4 Å². The lowest BCUT2D eigenvalue weighted by Crippen LogP contribution is -2.33. The standard InChI is InChI=1S/C17H24N2O3/c1-22-11-5-10-18-16(20)13-6-4-7-14(12-13)17(21)19-15-8-2-3-9-15/h4,6-7,12,15H,2-3,5,8-11H2,1H3,(H,18,20)(H,19,21). The number of carbonyl (C=O) groups is 2. The van der Waals surface area contributed by atoms with Crippen molar-refractivity contribution in [3.8, 4) is 0 Å². The average Bonchev–Trinajstić information content (AvgIpc) is 3.04. The molecule has 1 saturated carbocycles. The van der Waals surface area contributed by atoms with E-state index in [1.165, 1.54) is 12.8 Å². The Hall–Kier alpha value is -1.88. The summed E-state index contributed by atoms with van der Waals surface area (Å²) < 4.78 is 4.94. The van der Waals surface area contributed by atoms with Gasteiger partial charge in [0.2, 0.25) is 0 Å². The second kappa shape index (κ2) is 8.54. The number of ether oxygens (including phenoxy) is 1. The van der Waals surface area contributed by atoms with Crippen molar-refractivity contribution in [3.05, 3.63) is 35.4 Å². The Labute approximate surface area is 131 Å². The van der Waals surface area contributed by atoms with E-state index in [0.29, 0.717) is 24.3 Å². The first-order chi connectivity index (χ1) is 10.7. The fourth-order valence-corrected chi connectivity index (χ4v) is 2.66. The largest absolute Gasteiger partial charge is 0.385 e. The van der Waals surface area contributed by atoms with Gasteiger partial charge in [-0.1, -0.05) is 18.9 Å². The Kier molecular flexibility index (Phi) is 6.40. The Bertz CT molecular complexity index is 510. The van der Waals surface area contributed by atoms with Crippen LogP contribution >= 0.6 is 0 Å². The lowest BCUT2D eigenvalue weighted by atomic mass is 10.1. The lowest BCUT2D eigenvalue weighted by Gasteiger charge is -2.12. The van der Waals surface area contributed by atoms with Gasteiger partial charge in [-0.15, -0.1) is 0 Å². The summed E-state index contributed by atoms with van der Waals surface area (Å²) in [4.78, 5) is 24.3. The molecule has 0 saturated heterocycles. The number of rotatable bonds is 7. The van der Waals surface area contributed by atoms with E-state index >= 15 is 0 Å². The van der Waals surface area contributed by atoms with Crippen LogP contribution in [0.1, 0.15) is 52.8 Å². The highest BCUT2D eigenvalue weighted by atomic mass is 16.5. The molecule has 1 aliphatic rings. The summed E-state index contributed by atoms with van der Waals surface area (Å²) in [5.41, 5.74) is 1.05. The normalized spacial score (nSPS) is 14.8. The molecule has 0 spiro atoms. The molecule has 1 aromatic carbocycles. The van der Waals surface area contributed by atoms with Crippen LogP contribution in [0.15, 0.2) is 24.3 Å². The molecule has 0 radical (unpaired) electrons. The summed E-state index contributed by atoms with van der Waals surface area (Å²) in [7, 11) is 1.63. The van der Waals surface area contributed by atoms with Gasteiger partial charge in [-0.25, -0.2) is 0 Å². The second-order valence-corrected chi connectivity index (χ2v) is 5.64. The highest BCUT2D eigenvalue weighted by Crippen LogP contribution is 2.18. The minimum absolute atomic E-state index is 0.0964. The number of amides is 2. The molecule has 120 valence electrons. The van der Waals surface area contributed by atoms with Crippen molar-refractivity contribution in [2.45, 2.75) is 38.1 Å². The molecular weight excluding hydrogens is 280 g/mol. The van der Waals surface area contributed by atoms with Gasteiger partial charge in [0.15, 0.2) is 0 Å². The van der Waals surface area contributed by atoms with Crippen LogP contribution in [-0.4, -0.2) is 38.1 Å². The average molecular weight is 304 g/mol. The summed E-state index contributed by atoms with van der Waals surface area (Å²) in [6.07, 6.45) is 5.21. The van der Waals surface area contributed by atoms with E-state index in [9.17, 15) is 9.59 Å². The van der Waals surface area contributed by atoms with Gasteiger partial charge in [0.05, 0.1) is 0 Å². The van der Waals surface area contributed by atoms with E-state index in [4.69, 9.17) is 4.74 Å². The minimum Gasteiger partial charge on any atom is -0.385 e. The van der Waals surface area contributed by atoms with Gasteiger partial charge in [-0.2, -0.15) is 0 Å². The van der Waals surface area contributed by atoms with Crippen LogP contribution in [-0.2, 0) is 4.74 Å². The highest BCUT2D eigenvalue weighted by molar-refractivity contribution is 5.99. The number of hydrogen-bond acceptors (Lipinski definition) is 3. The van der Waals surface area contributed by atoms with Crippen molar-refractivity contribution < 1.29 is 14.3 Å². The summed E-state index contributed by atoms with van der Waals surface area (Å²) in [6, 6.07) is 7.13. The van der Waals surface area contributed by atoms with Crippen molar-refractivity contribution in [1.29, 1.82) is 0 Å². The van der Waals surface area contributed by atoms with Crippen LogP contribution in [0.3, 0.4) is 0 Å². The van der Waals surface area contributed by atoms with Gasteiger partial charge >= 0.3 is 0 Å².